The third-order valence-electron chi connectivity index (χ3n) is 1.82. The predicted octanol–water partition coefficient (Wildman–Crippen LogP) is 2.16. The molecule has 1 aromatic carbocycles. The van der Waals surface area contributed by atoms with Crippen LogP contribution in [0.4, 0.5) is 0 Å². The summed E-state index contributed by atoms with van der Waals surface area (Å²) in [6, 6.07) is 3.92. The van der Waals surface area contributed by atoms with Crippen molar-refractivity contribution in [1.29, 1.82) is 0 Å². The summed E-state index contributed by atoms with van der Waals surface area (Å²) in [4.78, 5) is 4.56. The summed E-state index contributed by atoms with van der Waals surface area (Å²) >= 11 is 3.43. The van der Waals surface area contributed by atoms with E-state index in [0.29, 0.717) is 6.61 Å². The van der Waals surface area contributed by atoms with Crippen molar-refractivity contribution >= 4 is 15.9 Å². The van der Waals surface area contributed by atoms with Gasteiger partial charge in [0.2, 0.25) is 0 Å². The van der Waals surface area contributed by atoms with Gasteiger partial charge in [-0.25, -0.2) is 5.90 Å². The lowest BCUT2D eigenvalue weighted by Gasteiger charge is -2.10. The summed E-state index contributed by atoms with van der Waals surface area (Å²) in [5, 5.41) is 0. The molecule has 2 N–H and O–H groups in total. The molecule has 0 atom stereocenters. The van der Waals surface area contributed by atoms with Crippen molar-refractivity contribution in [3.63, 3.8) is 0 Å². The number of ether oxygens (including phenoxy) is 1. The van der Waals surface area contributed by atoms with Crippen molar-refractivity contribution in [2.45, 2.75) is 13.5 Å². The zero-order valence-corrected chi connectivity index (χ0v) is 9.22. The zero-order valence-electron chi connectivity index (χ0n) is 7.63. The number of hydrogen-bond acceptors (Lipinski definition) is 3. The molecular formula is C9H12BrNO2. The SMILES string of the molecule is COc1c(C)ccc(CON)c1Br. The molecule has 0 bridgehead atoms. The number of hydrogen-bond donors (Lipinski definition) is 1. The van der Waals surface area contributed by atoms with Crippen molar-refractivity contribution in [2.75, 3.05) is 7.11 Å². The summed E-state index contributed by atoms with van der Waals surface area (Å²) in [7, 11) is 1.64. The molecule has 1 rings (SSSR count). The van der Waals surface area contributed by atoms with Gasteiger partial charge >= 0.3 is 0 Å². The first kappa shape index (κ1) is 10.5. The molecule has 0 aromatic heterocycles. The molecule has 0 fully saturated rings. The molecule has 3 nitrogen and oxygen atoms in total. The Morgan fingerprint density at radius 3 is 2.69 bits per heavy atom. The average molecular weight is 246 g/mol. The highest BCUT2D eigenvalue weighted by Crippen LogP contribution is 2.32. The second-order valence-electron chi connectivity index (χ2n) is 2.70. The number of methoxy groups -OCH3 is 1. The van der Waals surface area contributed by atoms with E-state index in [1.54, 1.807) is 7.11 Å². The van der Waals surface area contributed by atoms with Crippen LogP contribution in [0.3, 0.4) is 0 Å². The summed E-state index contributed by atoms with van der Waals surface area (Å²) < 4.78 is 6.12. The van der Waals surface area contributed by atoms with E-state index < -0.39 is 0 Å². The van der Waals surface area contributed by atoms with Gasteiger partial charge in [-0.15, -0.1) is 0 Å². The van der Waals surface area contributed by atoms with Gasteiger partial charge in [-0.1, -0.05) is 12.1 Å². The third-order valence-corrected chi connectivity index (χ3v) is 2.69. The molecule has 0 amide bonds. The molecule has 72 valence electrons. The van der Waals surface area contributed by atoms with Crippen LogP contribution in [-0.4, -0.2) is 7.11 Å². The predicted molar refractivity (Wildman–Crippen MR) is 54.4 cm³/mol. The standard InChI is InChI=1S/C9H12BrNO2/c1-6-3-4-7(5-13-11)8(10)9(6)12-2/h3-4H,5,11H2,1-2H3. The fraction of sp³-hybridized carbons (Fsp3) is 0.333. The minimum Gasteiger partial charge on any atom is -0.495 e. The number of aryl methyl sites for hydroxylation is 1. The lowest BCUT2D eigenvalue weighted by Crippen LogP contribution is -2.01. The summed E-state index contributed by atoms with van der Waals surface area (Å²) in [5.41, 5.74) is 2.06. The highest BCUT2D eigenvalue weighted by molar-refractivity contribution is 9.10. The Morgan fingerprint density at radius 2 is 2.15 bits per heavy atom. The van der Waals surface area contributed by atoms with E-state index in [9.17, 15) is 0 Å². The fourth-order valence-corrected chi connectivity index (χ4v) is 1.87. The minimum atomic E-state index is 0.372. The largest absolute Gasteiger partial charge is 0.495 e. The fourth-order valence-electron chi connectivity index (χ4n) is 1.15. The molecule has 13 heavy (non-hydrogen) atoms. The van der Waals surface area contributed by atoms with Crippen molar-refractivity contribution in [3.05, 3.63) is 27.7 Å². The van der Waals surface area contributed by atoms with E-state index in [-0.39, 0.29) is 0 Å². The summed E-state index contributed by atoms with van der Waals surface area (Å²) in [5.74, 6) is 5.83. The maximum absolute atomic E-state index is 5.22. The summed E-state index contributed by atoms with van der Waals surface area (Å²) in [6.07, 6.45) is 0. The van der Waals surface area contributed by atoms with Crippen molar-refractivity contribution in [3.8, 4) is 5.75 Å². The molecule has 4 heteroatoms. The number of rotatable bonds is 3. The molecule has 0 saturated heterocycles. The van der Waals surface area contributed by atoms with Gasteiger partial charge in [-0.3, -0.25) is 4.84 Å². The third kappa shape index (κ3) is 2.21. The molecular weight excluding hydrogens is 234 g/mol. The number of halogens is 1. The monoisotopic (exact) mass is 245 g/mol. The van der Waals surface area contributed by atoms with Crippen molar-refractivity contribution < 1.29 is 9.57 Å². The second kappa shape index (κ2) is 4.60. The second-order valence-corrected chi connectivity index (χ2v) is 3.49. The van der Waals surface area contributed by atoms with Gasteiger partial charge in [0.25, 0.3) is 0 Å². The van der Waals surface area contributed by atoms with E-state index in [0.717, 1.165) is 21.3 Å². The Labute approximate surface area is 85.9 Å². The Kier molecular flexibility index (Phi) is 3.71. The lowest BCUT2D eigenvalue weighted by atomic mass is 10.1. The maximum Gasteiger partial charge on any atom is 0.136 e. The van der Waals surface area contributed by atoms with Crippen LogP contribution in [0.2, 0.25) is 0 Å². The Hall–Kier alpha value is -0.580. The van der Waals surface area contributed by atoms with Crippen LogP contribution in [0.5, 0.6) is 5.75 Å². The molecule has 0 aliphatic rings. The Bertz CT molecular complexity index is 302. The first-order valence-corrected chi connectivity index (χ1v) is 4.63. The molecule has 0 spiro atoms. The highest BCUT2D eigenvalue weighted by Gasteiger charge is 2.08. The van der Waals surface area contributed by atoms with E-state index in [1.165, 1.54) is 0 Å². The van der Waals surface area contributed by atoms with Crippen LogP contribution in [0.15, 0.2) is 16.6 Å². The molecule has 0 radical (unpaired) electrons. The van der Waals surface area contributed by atoms with Crippen LogP contribution in [-0.2, 0) is 11.4 Å². The molecule has 0 aliphatic heterocycles. The van der Waals surface area contributed by atoms with E-state index in [1.807, 2.05) is 19.1 Å². The van der Waals surface area contributed by atoms with E-state index in [4.69, 9.17) is 10.6 Å². The van der Waals surface area contributed by atoms with Crippen LogP contribution in [0, 0.1) is 6.92 Å². The first-order valence-electron chi connectivity index (χ1n) is 3.84. The van der Waals surface area contributed by atoms with E-state index in [2.05, 4.69) is 20.8 Å². The van der Waals surface area contributed by atoms with Gasteiger partial charge in [-0.2, -0.15) is 0 Å². The topological polar surface area (TPSA) is 44.5 Å². The van der Waals surface area contributed by atoms with Crippen LogP contribution >= 0.6 is 15.9 Å². The molecule has 0 aliphatic carbocycles. The van der Waals surface area contributed by atoms with Gasteiger partial charge < -0.3 is 4.74 Å². The van der Waals surface area contributed by atoms with Crippen molar-refractivity contribution in [1.82, 2.24) is 0 Å². The van der Waals surface area contributed by atoms with Gasteiger partial charge in [0, 0.05) is 0 Å². The Balaban J connectivity index is 3.11. The van der Waals surface area contributed by atoms with Crippen LogP contribution in [0.25, 0.3) is 0 Å². The smallest absolute Gasteiger partial charge is 0.136 e. The summed E-state index contributed by atoms with van der Waals surface area (Å²) in [6.45, 7) is 2.36. The molecule has 0 heterocycles. The number of benzene rings is 1. The van der Waals surface area contributed by atoms with Crippen molar-refractivity contribution in [2.24, 2.45) is 5.90 Å². The Morgan fingerprint density at radius 1 is 1.46 bits per heavy atom. The molecule has 0 saturated carbocycles. The van der Waals surface area contributed by atoms with Gasteiger partial charge in [0.1, 0.15) is 5.75 Å². The number of nitrogens with two attached hydrogens (primary N) is 1. The lowest BCUT2D eigenvalue weighted by molar-refractivity contribution is 0.123. The quantitative estimate of drug-likeness (QED) is 0.831. The van der Waals surface area contributed by atoms with E-state index >= 15 is 0 Å². The van der Waals surface area contributed by atoms with Crippen LogP contribution in [0.1, 0.15) is 11.1 Å². The van der Waals surface area contributed by atoms with Gasteiger partial charge in [-0.05, 0) is 34.0 Å². The first-order chi connectivity index (χ1) is 6.20. The zero-order chi connectivity index (χ0) is 9.84. The average Bonchev–Trinajstić information content (AvgIpc) is 2.11. The maximum atomic E-state index is 5.22. The highest BCUT2D eigenvalue weighted by atomic mass is 79.9. The molecule has 1 aromatic rings. The minimum absolute atomic E-state index is 0.372. The van der Waals surface area contributed by atoms with Crippen LogP contribution < -0.4 is 10.6 Å². The van der Waals surface area contributed by atoms with Gasteiger partial charge in [0.05, 0.1) is 18.2 Å². The normalized spacial score (nSPS) is 10.2. The van der Waals surface area contributed by atoms with Gasteiger partial charge in [0.15, 0.2) is 0 Å². The molecule has 0 unspecified atom stereocenters.